The predicted octanol–water partition coefficient (Wildman–Crippen LogP) is 5.96. The van der Waals surface area contributed by atoms with Crippen molar-refractivity contribution < 1.29 is 19.1 Å². The summed E-state index contributed by atoms with van der Waals surface area (Å²) in [5.74, 6) is -1.43. The number of ether oxygens (including phenoxy) is 1. The molecule has 182 valence electrons. The second-order valence-electron chi connectivity index (χ2n) is 10.1. The number of rotatable bonds is 7. The first-order chi connectivity index (χ1) is 17.6. The quantitative estimate of drug-likeness (QED) is 0.182. The van der Waals surface area contributed by atoms with E-state index in [0.717, 1.165) is 47.9 Å². The van der Waals surface area contributed by atoms with Crippen molar-refractivity contribution in [2.24, 2.45) is 11.8 Å². The molecule has 1 heterocycles. The Hall–Kier alpha value is -3.73. The summed E-state index contributed by atoms with van der Waals surface area (Å²) in [6.07, 6.45) is 4.35. The number of esters is 1. The van der Waals surface area contributed by atoms with E-state index in [1.54, 1.807) is 24.3 Å². The molecule has 5 heteroatoms. The van der Waals surface area contributed by atoms with Gasteiger partial charge in [-0.05, 0) is 40.8 Å². The summed E-state index contributed by atoms with van der Waals surface area (Å²) in [6.45, 7) is 2.13. The van der Waals surface area contributed by atoms with Gasteiger partial charge in [-0.3, -0.25) is 14.4 Å². The van der Waals surface area contributed by atoms with Crippen molar-refractivity contribution >= 4 is 23.5 Å². The normalized spacial score (nSPS) is 23.3. The number of unbranched alkanes of at least 4 members (excludes halogenated alkanes) is 3. The van der Waals surface area contributed by atoms with E-state index in [0.29, 0.717) is 17.9 Å². The standard InChI is InChI=1S/C31H29NO4/c1-2-3-4-5-17-25(33)36-20-12-10-11-19(18-20)32-30(34)28-26-21-13-6-7-14-22(21)27(29(28)31(32)35)24-16-9-8-15-23(24)26/h6-16,18,26-29H,2-5,17H2,1H3. The van der Waals surface area contributed by atoms with Crippen molar-refractivity contribution in [3.05, 3.63) is 95.1 Å². The monoisotopic (exact) mass is 479 g/mol. The molecule has 1 fully saturated rings. The van der Waals surface area contributed by atoms with Gasteiger partial charge in [0.1, 0.15) is 5.75 Å². The molecule has 5 nitrogen and oxygen atoms in total. The Morgan fingerprint density at radius 3 is 1.83 bits per heavy atom. The van der Waals surface area contributed by atoms with Gasteiger partial charge in [-0.2, -0.15) is 0 Å². The molecular weight excluding hydrogens is 450 g/mol. The molecule has 3 aromatic rings. The van der Waals surface area contributed by atoms with Gasteiger partial charge in [0.2, 0.25) is 11.8 Å². The van der Waals surface area contributed by atoms with E-state index < -0.39 is 11.8 Å². The van der Waals surface area contributed by atoms with Crippen LogP contribution in [-0.4, -0.2) is 17.8 Å². The smallest absolute Gasteiger partial charge is 0.311 e. The van der Waals surface area contributed by atoms with Gasteiger partial charge in [-0.1, -0.05) is 80.8 Å². The summed E-state index contributed by atoms with van der Waals surface area (Å²) < 4.78 is 5.55. The number of imide groups is 1. The molecule has 0 spiro atoms. The van der Waals surface area contributed by atoms with Crippen LogP contribution in [0.2, 0.25) is 0 Å². The van der Waals surface area contributed by atoms with E-state index in [2.05, 4.69) is 31.2 Å². The van der Waals surface area contributed by atoms with E-state index in [1.165, 1.54) is 4.90 Å². The van der Waals surface area contributed by atoms with Crippen molar-refractivity contribution in [1.82, 2.24) is 0 Å². The van der Waals surface area contributed by atoms with Gasteiger partial charge in [0.05, 0.1) is 17.5 Å². The summed E-state index contributed by atoms with van der Waals surface area (Å²) in [5, 5.41) is 0. The highest BCUT2D eigenvalue weighted by Gasteiger charge is 2.61. The number of benzene rings is 3. The van der Waals surface area contributed by atoms with Crippen LogP contribution < -0.4 is 9.64 Å². The highest BCUT2D eigenvalue weighted by Crippen LogP contribution is 2.61. The summed E-state index contributed by atoms with van der Waals surface area (Å²) >= 11 is 0. The highest BCUT2D eigenvalue weighted by atomic mass is 16.5. The number of anilines is 1. The lowest BCUT2D eigenvalue weighted by atomic mass is 9.55. The van der Waals surface area contributed by atoms with Crippen LogP contribution in [0.15, 0.2) is 72.8 Å². The SMILES string of the molecule is CCCCCCC(=O)Oc1cccc(N2C(=O)C3C4c5ccccc5C(c5ccccc54)C3C2=O)c1. The van der Waals surface area contributed by atoms with Gasteiger partial charge in [0, 0.05) is 24.3 Å². The fourth-order valence-corrected chi connectivity index (χ4v) is 6.50. The largest absolute Gasteiger partial charge is 0.426 e. The second kappa shape index (κ2) is 9.05. The lowest BCUT2D eigenvalue weighted by Gasteiger charge is -2.45. The first-order valence-electron chi connectivity index (χ1n) is 13.0. The van der Waals surface area contributed by atoms with Crippen LogP contribution >= 0.6 is 0 Å². The summed E-state index contributed by atoms with van der Waals surface area (Å²) in [6, 6.07) is 23.2. The van der Waals surface area contributed by atoms with Gasteiger partial charge in [0.25, 0.3) is 0 Å². The summed E-state index contributed by atoms with van der Waals surface area (Å²) in [5.41, 5.74) is 5.06. The highest BCUT2D eigenvalue weighted by molar-refractivity contribution is 6.23. The van der Waals surface area contributed by atoms with E-state index in [4.69, 9.17) is 4.74 Å². The van der Waals surface area contributed by atoms with Crippen LogP contribution in [0, 0.1) is 11.8 Å². The third-order valence-electron chi connectivity index (χ3n) is 7.99. The Bertz CT molecular complexity index is 1250. The third-order valence-corrected chi connectivity index (χ3v) is 7.99. The molecule has 7 rings (SSSR count). The fourth-order valence-electron chi connectivity index (χ4n) is 6.50. The zero-order chi connectivity index (χ0) is 24.8. The summed E-state index contributed by atoms with van der Waals surface area (Å²) in [4.78, 5) is 41.4. The van der Waals surface area contributed by atoms with Crippen LogP contribution in [0.5, 0.6) is 5.75 Å². The molecule has 0 N–H and O–H groups in total. The Kier molecular flexibility index (Phi) is 5.71. The lowest BCUT2D eigenvalue weighted by Crippen LogP contribution is -2.41. The van der Waals surface area contributed by atoms with Gasteiger partial charge >= 0.3 is 5.97 Å². The lowest BCUT2D eigenvalue weighted by molar-refractivity contribution is -0.134. The fraction of sp³-hybridized carbons (Fsp3) is 0.323. The zero-order valence-electron chi connectivity index (χ0n) is 20.4. The third kappa shape index (κ3) is 3.48. The Morgan fingerprint density at radius 1 is 0.750 bits per heavy atom. The molecule has 36 heavy (non-hydrogen) atoms. The zero-order valence-corrected chi connectivity index (χ0v) is 20.4. The Morgan fingerprint density at radius 2 is 1.31 bits per heavy atom. The second-order valence-corrected chi connectivity index (χ2v) is 10.1. The molecule has 2 amide bonds. The maximum atomic E-state index is 13.9. The first-order valence-corrected chi connectivity index (χ1v) is 13.0. The topological polar surface area (TPSA) is 63.7 Å². The van der Waals surface area contributed by atoms with Crippen molar-refractivity contribution in [3.63, 3.8) is 0 Å². The maximum absolute atomic E-state index is 13.9. The number of nitrogens with zero attached hydrogens (tertiary/aromatic N) is 1. The van der Waals surface area contributed by atoms with Crippen molar-refractivity contribution in [3.8, 4) is 5.75 Å². The number of amides is 2. The van der Waals surface area contributed by atoms with Gasteiger partial charge in [-0.25, -0.2) is 4.90 Å². The Balaban J connectivity index is 1.31. The molecule has 4 aliphatic rings. The van der Waals surface area contributed by atoms with Crippen LogP contribution in [0.25, 0.3) is 0 Å². The molecule has 0 saturated carbocycles. The molecule has 0 radical (unpaired) electrons. The molecule has 1 saturated heterocycles. The molecular formula is C31H29NO4. The minimum Gasteiger partial charge on any atom is -0.426 e. The summed E-state index contributed by atoms with van der Waals surface area (Å²) in [7, 11) is 0. The number of carbonyl (C=O) groups excluding carboxylic acids is 3. The molecule has 0 aromatic heterocycles. The van der Waals surface area contributed by atoms with E-state index in [9.17, 15) is 14.4 Å². The van der Waals surface area contributed by atoms with Crippen molar-refractivity contribution in [2.75, 3.05) is 4.90 Å². The minimum atomic E-state index is -0.433. The van der Waals surface area contributed by atoms with Crippen LogP contribution in [0.3, 0.4) is 0 Å². The average molecular weight is 480 g/mol. The minimum absolute atomic E-state index is 0.141. The van der Waals surface area contributed by atoms with Crippen LogP contribution in [-0.2, 0) is 14.4 Å². The number of hydrogen-bond acceptors (Lipinski definition) is 4. The first kappa shape index (κ1) is 22.7. The number of carbonyl (C=O) groups is 3. The molecule has 1 aliphatic heterocycles. The van der Waals surface area contributed by atoms with E-state index in [1.807, 2.05) is 24.3 Å². The predicted molar refractivity (Wildman–Crippen MR) is 137 cm³/mol. The average Bonchev–Trinajstić information content (AvgIpc) is 3.17. The van der Waals surface area contributed by atoms with Crippen LogP contribution in [0.1, 0.15) is 73.1 Å². The van der Waals surface area contributed by atoms with Crippen molar-refractivity contribution in [2.45, 2.75) is 50.9 Å². The van der Waals surface area contributed by atoms with E-state index >= 15 is 0 Å². The Labute approximate surface area is 211 Å². The number of hydrogen-bond donors (Lipinski definition) is 0. The molecule has 3 aliphatic carbocycles. The molecule has 3 aromatic carbocycles. The van der Waals surface area contributed by atoms with Gasteiger partial charge in [0.15, 0.2) is 0 Å². The van der Waals surface area contributed by atoms with Crippen LogP contribution in [0.4, 0.5) is 5.69 Å². The van der Waals surface area contributed by atoms with Gasteiger partial charge < -0.3 is 4.74 Å². The van der Waals surface area contributed by atoms with Crippen molar-refractivity contribution in [1.29, 1.82) is 0 Å². The molecule has 2 atom stereocenters. The maximum Gasteiger partial charge on any atom is 0.311 e. The van der Waals surface area contributed by atoms with Gasteiger partial charge in [-0.15, -0.1) is 0 Å². The molecule has 2 bridgehead atoms. The van der Waals surface area contributed by atoms with E-state index in [-0.39, 0.29) is 29.6 Å². The molecule has 2 unspecified atom stereocenters.